The van der Waals surface area contributed by atoms with Crippen LogP contribution in [0.5, 0.6) is 0 Å². The molecular weight excluding hydrogens is 443 g/mol. The van der Waals surface area contributed by atoms with Gasteiger partial charge in [0.15, 0.2) is 0 Å². The van der Waals surface area contributed by atoms with Gasteiger partial charge in [-0.15, -0.1) is 11.8 Å². The number of aliphatic imine (C=N–C) groups is 1. The molecule has 4 rings (SSSR count). The van der Waals surface area contributed by atoms with Crippen LogP contribution < -0.4 is 62.4 Å². The topological polar surface area (TPSA) is 80.6 Å². The van der Waals surface area contributed by atoms with Crippen molar-refractivity contribution in [2.75, 3.05) is 31.7 Å². The van der Waals surface area contributed by atoms with Gasteiger partial charge in [0, 0.05) is 35.5 Å². The molecule has 164 valence electrons. The number of nitrogens with zero attached hydrogens (tertiary/aromatic N) is 4. The number of rotatable bonds is 7. The number of para-hydroxylation sites is 1. The first-order valence-corrected chi connectivity index (χ1v) is 12.1. The van der Waals surface area contributed by atoms with Gasteiger partial charge in [-0.3, -0.25) is 9.88 Å². The minimum Gasteiger partial charge on any atom is -0.469 e. The smallest absolute Gasteiger partial charge is 0.469 e. The van der Waals surface area contributed by atoms with Gasteiger partial charge in [0.25, 0.3) is 0 Å². The molecule has 2 aliphatic rings. The number of likely N-dealkylation sites (tertiary alicyclic amines) is 1. The van der Waals surface area contributed by atoms with E-state index >= 15 is 0 Å². The van der Waals surface area contributed by atoms with E-state index in [9.17, 15) is 0 Å². The van der Waals surface area contributed by atoms with Crippen molar-refractivity contribution < 1.29 is 51.4 Å². The fourth-order valence-corrected chi connectivity index (χ4v) is 4.94. The number of anilines is 1. The van der Waals surface area contributed by atoms with Crippen LogP contribution in [0.2, 0.25) is 0 Å². The predicted octanol–water partition coefficient (Wildman–Crippen LogP) is 2.08. The number of aryl methyl sites for hydroxylation is 1. The molecular formula is C24H31KN6S. The summed E-state index contributed by atoms with van der Waals surface area (Å²) in [6.07, 6.45) is 7.23. The molecule has 1 fully saturated rings. The third-order valence-corrected chi connectivity index (χ3v) is 6.69. The van der Waals surface area contributed by atoms with E-state index in [4.69, 9.17) is 10.7 Å². The van der Waals surface area contributed by atoms with Crippen LogP contribution in [0.3, 0.4) is 0 Å². The average Bonchev–Trinajstić information content (AvgIpc) is 2.76. The summed E-state index contributed by atoms with van der Waals surface area (Å²) in [5, 5.41) is 7.64. The summed E-state index contributed by atoms with van der Waals surface area (Å²) in [7, 11) is 1.74. The van der Waals surface area contributed by atoms with Crippen LogP contribution in [0.15, 0.2) is 58.2 Å². The molecule has 0 amide bonds. The van der Waals surface area contributed by atoms with E-state index in [-0.39, 0.29) is 51.4 Å². The minimum atomic E-state index is 0. The summed E-state index contributed by atoms with van der Waals surface area (Å²) in [5.41, 5.74) is 9.64. The molecule has 1 aliphatic heterocycles. The maximum absolute atomic E-state index is 6.19. The average molecular weight is 475 g/mol. The summed E-state index contributed by atoms with van der Waals surface area (Å²) < 4.78 is 0. The number of amidine groups is 1. The van der Waals surface area contributed by atoms with Crippen LogP contribution in [0, 0.1) is 5.92 Å². The second-order valence-electron chi connectivity index (χ2n) is 8.29. The third kappa shape index (κ3) is 6.17. The van der Waals surface area contributed by atoms with Crippen LogP contribution in [0.4, 0.5) is 11.5 Å². The number of aromatic nitrogens is 1. The van der Waals surface area contributed by atoms with Crippen LogP contribution in [0.1, 0.15) is 37.1 Å². The number of fused-ring (bicyclic) bond motifs is 1. The molecule has 1 saturated heterocycles. The Balaban J connectivity index is 0.00000289. The first-order chi connectivity index (χ1) is 15.1. The molecule has 0 radical (unpaired) electrons. The van der Waals surface area contributed by atoms with E-state index in [2.05, 4.69) is 39.6 Å². The fraction of sp³-hybridized carbons (Fsp3) is 0.417. The van der Waals surface area contributed by atoms with Crippen molar-refractivity contribution in [2.24, 2.45) is 16.6 Å². The predicted molar refractivity (Wildman–Crippen MR) is 131 cm³/mol. The summed E-state index contributed by atoms with van der Waals surface area (Å²) in [6.45, 7) is 4.72. The third-order valence-electron chi connectivity index (χ3n) is 5.91. The Kier molecular flexibility index (Phi) is 9.66. The van der Waals surface area contributed by atoms with Gasteiger partial charge in [0.1, 0.15) is 5.84 Å². The minimum absolute atomic E-state index is 0. The van der Waals surface area contributed by atoms with Gasteiger partial charge in [0.2, 0.25) is 0 Å². The Morgan fingerprint density at radius 1 is 1.28 bits per heavy atom. The Hall–Kier alpha value is -0.874. The van der Waals surface area contributed by atoms with Gasteiger partial charge < -0.3 is 16.4 Å². The Morgan fingerprint density at radius 3 is 2.78 bits per heavy atom. The van der Waals surface area contributed by atoms with Gasteiger partial charge in [-0.05, 0) is 61.3 Å². The molecule has 32 heavy (non-hydrogen) atoms. The maximum Gasteiger partial charge on any atom is 1.00 e. The number of benzene rings is 1. The van der Waals surface area contributed by atoms with Gasteiger partial charge in [0.05, 0.1) is 5.69 Å². The van der Waals surface area contributed by atoms with Crippen LogP contribution in [0.25, 0.3) is 5.32 Å². The molecule has 1 aromatic heterocycles. The van der Waals surface area contributed by atoms with Crippen molar-refractivity contribution in [2.45, 2.75) is 37.1 Å². The Labute approximate surface area is 238 Å². The van der Waals surface area contributed by atoms with Crippen LogP contribution in [-0.2, 0) is 6.42 Å². The molecule has 3 N–H and O–H groups in total. The molecule has 2 heterocycles. The molecule has 1 aliphatic carbocycles. The van der Waals surface area contributed by atoms with Crippen LogP contribution in [-0.4, -0.2) is 42.1 Å². The van der Waals surface area contributed by atoms with Gasteiger partial charge in [-0.2, -0.15) is 0 Å². The van der Waals surface area contributed by atoms with E-state index in [1.165, 1.54) is 37.2 Å². The number of nitrogens with two attached hydrogens (primary N) is 1. The summed E-state index contributed by atoms with van der Waals surface area (Å²) >= 11 is 1.65. The number of nitrogens with one attached hydrogen (secondary N) is 1. The summed E-state index contributed by atoms with van der Waals surface area (Å²) in [4.78, 5) is 13.1. The Morgan fingerprint density at radius 2 is 2.06 bits per heavy atom. The van der Waals surface area contributed by atoms with Gasteiger partial charge in [-0.25, -0.2) is 4.99 Å². The quantitative estimate of drug-likeness (QED) is 0.278. The Bertz CT molecular complexity index is 986. The number of pyridine rings is 1. The second-order valence-corrected chi connectivity index (χ2v) is 9.13. The normalized spacial score (nSPS) is 19.5. The fourth-order valence-electron chi connectivity index (χ4n) is 4.41. The van der Waals surface area contributed by atoms with Crippen molar-refractivity contribution in [1.29, 1.82) is 0 Å². The van der Waals surface area contributed by atoms with Gasteiger partial charge in [-0.1, -0.05) is 38.0 Å². The molecule has 8 heteroatoms. The SMILES string of the molecule is C[N-]/C(=C\C(N)=Nc1ccccc1SC)Nc1ccc2c(n1)CCCC2N1CC(C)C1.[K+]. The second kappa shape index (κ2) is 12.0. The van der Waals surface area contributed by atoms with Crippen LogP contribution >= 0.6 is 11.8 Å². The first kappa shape index (κ1) is 25.7. The van der Waals surface area contributed by atoms with E-state index in [1.807, 2.05) is 30.5 Å². The van der Waals surface area contributed by atoms with E-state index in [0.29, 0.717) is 17.7 Å². The van der Waals surface area contributed by atoms with Crippen molar-refractivity contribution in [3.63, 3.8) is 0 Å². The van der Waals surface area contributed by atoms with Crippen molar-refractivity contribution >= 4 is 29.1 Å². The molecule has 0 saturated carbocycles. The molecule has 6 nitrogen and oxygen atoms in total. The van der Waals surface area contributed by atoms with Crippen molar-refractivity contribution in [1.82, 2.24) is 9.88 Å². The van der Waals surface area contributed by atoms with Crippen molar-refractivity contribution in [3.05, 3.63) is 64.9 Å². The van der Waals surface area contributed by atoms with Crippen molar-refractivity contribution in [3.8, 4) is 0 Å². The molecule has 1 unspecified atom stereocenters. The van der Waals surface area contributed by atoms with E-state index in [1.54, 1.807) is 24.9 Å². The largest absolute Gasteiger partial charge is 1.00 e. The zero-order chi connectivity index (χ0) is 21.8. The standard InChI is InChI=1S/C24H31N6S.K/c1-16-14-30(15-16)20-9-6-8-18-17(20)11-12-23(28-18)29-24(26-2)13-22(25)27-19-7-4-5-10-21(19)31-3;/h4-5,7,10-13,16,20H,6,8-9,14-15H2,1-3H3,(H2,25,27)(H,28,29);/q-1;+1/b24-13+;. The molecule has 1 atom stereocenters. The zero-order valence-corrected chi connectivity index (χ0v) is 23.4. The molecule has 2 aromatic rings. The summed E-state index contributed by atoms with van der Waals surface area (Å²) in [5.74, 6) is 2.65. The number of hydrogen-bond donors (Lipinski definition) is 2. The van der Waals surface area contributed by atoms with E-state index < -0.39 is 0 Å². The monoisotopic (exact) mass is 474 g/mol. The molecule has 0 spiro atoms. The molecule has 1 aromatic carbocycles. The number of thioether (sulfide) groups is 1. The van der Waals surface area contributed by atoms with Gasteiger partial charge >= 0.3 is 51.4 Å². The zero-order valence-electron chi connectivity index (χ0n) is 19.5. The maximum atomic E-state index is 6.19. The van der Waals surface area contributed by atoms with E-state index in [0.717, 1.165) is 28.7 Å². The summed E-state index contributed by atoms with van der Waals surface area (Å²) in [6, 6.07) is 12.8. The first-order valence-electron chi connectivity index (χ1n) is 10.9. The molecule has 0 bridgehead atoms. The number of hydrogen-bond acceptors (Lipinski definition) is 5.